The van der Waals surface area contributed by atoms with Crippen LogP contribution in [0.2, 0.25) is 0 Å². The summed E-state index contributed by atoms with van der Waals surface area (Å²) < 4.78 is 6.89. The SMILES string of the molecule is c1ccc(-c2ccc(N(c3ccc(-c4ccccc4)cc3)c3ccc4c(c3)oc3cc(-c5c6c(c(-c7ccccc7)c7c5CCCC7)CCCC6)ccc34)cc2)cc1. The van der Waals surface area contributed by atoms with Gasteiger partial charge < -0.3 is 9.32 Å². The molecule has 9 aromatic rings. The molecule has 280 valence electrons. The molecule has 2 aliphatic rings. The number of hydrogen-bond acceptors (Lipinski definition) is 2. The van der Waals surface area contributed by atoms with E-state index in [1.807, 2.05) is 0 Å². The molecule has 0 saturated carbocycles. The average Bonchev–Trinajstić information content (AvgIpc) is 3.67. The molecule has 0 saturated heterocycles. The normalized spacial score (nSPS) is 13.7. The Morgan fingerprint density at radius 3 is 1.16 bits per heavy atom. The fraction of sp³-hybridized carbons (Fsp3) is 0.143. The largest absolute Gasteiger partial charge is 0.456 e. The van der Waals surface area contributed by atoms with Gasteiger partial charge in [0.1, 0.15) is 11.2 Å². The van der Waals surface area contributed by atoms with Gasteiger partial charge >= 0.3 is 0 Å². The van der Waals surface area contributed by atoms with Crippen molar-refractivity contribution in [3.8, 4) is 44.5 Å². The van der Waals surface area contributed by atoms with Gasteiger partial charge in [-0.3, -0.25) is 0 Å². The molecule has 0 unspecified atom stereocenters. The zero-order valence-corrected chi connectivity index (χ0v) is 32.8. The molecule has 0 bridgehead atoms. The molecule has 8 aromatic carbocycles. The summed E-state index contributed by atoms with van der Waals surface area (Å²) >= 11 is 0. The smallest absolute Gasteiger partial charge is 0.137 e. The number of anilines is 3. The Bertz CT molecular complexity index is 2790. The van der Waals surface area contributed by atoms with Crippen molar-refractivity contribution < 1.29 is 4.42 Å². The molecule has 2 aliphatic carbocycles. The molecule has 0 radical (unpaired) electrons. The predicted molar refractivity (Wildman–Crippen MR) is 243 cm³/mol. The van der Waals surface area contributed by atoms with Crippen LogP contribution in [0.3, 0.4) is 0 Å². The minimum atomic E-state index is 0.903. The Balaban J connectivity index is 1.02. The van der Waals surface area contributed by atoms with Crippen LogP contribution < -0.4 is 4.90 Å². The zero-order chi connectivity index (χ0) is 38.4. The standard InChI is InChI=1S/C56H45NO/c1-4-14-38(15-5-1)40-24-29-44(30-25-40)57(45-31-26-41(27-32-45)39-16-6-2-7-17-39)46-33-35-48-47-34-28-43(36-53(47)58-54(48)37-46)56-51-22-12-10-20-49(51)55(42-18-8-3-9-19-42)50-21-11-13-23-52(50)56/h1-9,14-19,24-37H,10-13,20-23H2. The lowest BCUT2D eigenvalue weighted by Crippen LogP contribution is -2.15. The van der Waals surface area contributed by atoms with Crippen molar-refractivity contribution in [1.82, 2.24) is 0 Å². The number of furan rings is 1. The highest BCUT2D eigenvalue weighted by Crippen LogP contribution is 2.47. The first kappa shape index (κ1) is 34.6. The molecule has 0 atom stereocenters. The van der Waals surface area contributed by atoms with Gasteiger partial charge in [-0.2, -0.15) is 0 Å². The second-order valence-corrected chi connectivity index (χ2v) is 16.1. The van der Waals surface area contributed by atoms with Crippen molar-refractivity contribution in [2.75, 3.05) is 4.90 Å². The lowest BCUT2D eigenvalue weighted by Gasteiger charge is -2.31. The molecule has 0 aliphatic heterocycles. The van der Waals surface area contributed by atoms with E-state index in [0.717, 1.165) is 59.3 Å². The molecule has 2 heteroatoms. The average molecular weight is 748 g/mol. The predicted octanol–water partition coefficient (Wildman–Crippen LogP) is 15.5. The van der Waals surface area contributed by atoms with E-state index in [4.69, 9.17) is 4.42 Å². The molecular weight excluding hydrogens is 703 g/mol. The third-order valence-electron chi connectivity index (χ3n) is 12.7. The first-order valence-corrected chi connectivity index (χ1v) is 21.1. The van der Waals surface area contributed by atoms with E-state index < -0.39 is 0 Å². The summed E-state index contributed by atoms with van der Waals surface area (Å²) in [5.74, 6) is 0. The van der Waals surface area contributed by atoms with Gasteiger partial charge in [0.15, 0.2) is 0 Å². The Morgan fingerprint density at radius 2 is 0.672 bits per heavy atom. The van der Waals surface area contributed by atoms with Crippen LogP contribution >= 0.6 is 0 Å². The maximum atomic E-state index is 6.89. The summed E-state index contributed by atoms with van der Waals surface area (Å²) in [7, 11) is 0. The maximum absolute atomic E-state index is 6.89. The van der Waals surface area contributed by atoms with Crippen LogP contribution in [0.25, 0.3) is 66.4 Å². The van der Waals surface area contributed by atoms with E-state index in [1.54, 1.807) is 27.8 Å². The molecule has 0 amide bonds. The molecule has 0 N–H and O–H groups in total. The Morgan fingerprint density at radius 1 is 0.310 bits per heavy atom. The highest BCUT2D eigenvalue weighted by atomic mass is 16.3. The second-order valence-electron chi connectivity index (χ2n) is 16.1. The van der Waals surface area contributed by atoms with Crippen LogP contribution in [-0.2, 0) is 25.7 Å². The first-order chi connectivity index (χ1) is 28.8. The van der Waals surface area contributed by atoms with E-state index in [0.29, 0.717) is 0 Å². The highest BCUT2D eigenvalue weighted by Gasteiger charge is 2.28. The van der Waals surface area contributed by atoms with Crippen LogP contribution in [0, 0.1) is 0 Å². The number of benzene rings is 8. The van der Waals surface area contributed by atoms with Crippen molar-refractivity contribution in [3.05, 3.63) is 198 Å². The summed E-state index contributed by atoms with van der Waals surface area (Å²) in [4.78, 5) is 2.34. The van der Waals surface area contributed by atoms with Crippen LogP contribution in [0.15, 0.2) is 180 Å². The van der Waals surface area contributed by atoms with Crippen molar-refractivity contribution in [3.63, 3.8) is 0 Å². The third-order valence-corrected chi connectivity index (χ3v) is 12.7. The summed E-state index contributed by atoms with van der Waals surface area (Å²) in [6, 6.07) is 64.0. The van der Waals surface area contributed by atoms with Gasteiger partial charge in [0.05, 0.1) is 0 Å². The van der Waals surface area contributed by atoms with Gasteiger partial charge in [-0.15, -0.1) is 0 Å². The molecule has 58 heavy (non-hydrogen) atoms. The number of rotatable bonds is 7. The topological polar surface area (TPSA) is 16.4 Å². The van der Waals surface area contributed by atoms with Crippen molar-refractivity contribution >= 4 is 39.0 Å². The Kier molecular flexibility index (Phi) is 8.77. The van der Waals surface area contributed by atoms with Gasteiger partial charge in [0, 0.05) is 33.9 Å². The van der Waals surface area contributed by atoms with Gasteiger partial charge in [0.25, 0.3) is 0 Å². The Labute approximate surface area is 341 Å². The molecule has 0 spiro atoms. The number of fused-ring (bicyclic) bond motifs is 5. The molecule has 0 fully saturated rings. The minimum Gasteiger partial charge on any atom is -0.456 e. The quantitative estimate of drug-likeness (QED) is 0.161. The summed E-state index contributed by atoms with van der Waals surface area (Å²) in [5.41, 5.74) is 22.0. The van der Waals surface area contributed by atoms with Crippen LogP contribution in [0.5, 0.6) is 0 Å². The molecule has 2 nitrogen and oxygen atoms in total. The van der Waals surface area contributed by atoms with Gasteiger partial charge in [0.2, 0.25) is 0 Å². The van der Waals surface area contributed by atoms with E-state index in [1.165, 1.54) is 70.0 Å². The molecule has 1 heterocycles. The van der Waals surface area contributed by atoms with Gasteiger partial charge in [-0.25, -0.2) is 0 Å². The van der Waals surface area contributed by atoms with E-state index in [-0.39, 0.29) is 0 Å². The molecule has 1 aromatic heterocycles. The van der Waals surface area contributed by atoms with Crippen LogP contribution in [0.1, 0.15) is 47.9 Å². The maximum Gasteiger partial charge on any atom is 0.137 e. The van der Waals surface area contributed by atoms with E-state index in [9.17, 15) is 0 Å². The minimum absolute atomic E-state index is 0.903. The van der Waals surface area contributed by atoms with Gasteiger partial charge in [-0.1, -0.05) is 121 Å². The summed E-state index contributed by atoms with van der Waals surface area (Å²) in [6.07, 6.45) is 9.66. The lowest BCUT2D eigenvalue weighted by atomic mass is 9.73. The van der Waals surface area contributed by atoms with Gasteiger partial charge in [-0.05, 0) is 167 Å². The molecular formula is C56H45NO. The van der Waals surface area contributed by atoms with E-state index in [2.05, 4.69) is 181 Å². The third kappa shape index (κ3) is 6.12. The first-order valence-electron chi connectivity index (χ1n) is 21.1. The van der Waals surface area contributed by atoms with Crippen molar-refractivity contribution in [2.45, 2.75) is 51.4 Å². The van der Waals surface area contributed by atoms with Crippen LogP contribution in [-0.4, -0.2) is 0 Å². The summed E-state index contributed by atoms with van der Waals surface area (Å²) in [5, 5.41) is 2.31. The lowest BCUT2D eigenvalue weighted by molar-refractivity contribution is 0.662. The fourth-order valence-electron chi connectivity index (χ4n) is 9.95. The van der Waals surface area contributed by atoms with Crippen LogP contribution in [0.4, 0.5) is 17.1 Å². The number of hydrogen-bond donors (Lipinski definition) is 0. The second kappa shape index (κ2) is 14.7. The fourth-order valence-corrected chi connectivity index (χ4v) is 9.95. The van der Waals surface area contributed by atoms with E-state index >= 15 is 0 Å². The van der Waals surface area contributed by atoms with Crippen molar-refractivity contribution in [1.29, 1.82) is 0 Å². The Hall–Kier alpha value is -6.64. The zero-order valence-electron chi connectivity index (χ0n) is 32.8. The highest BCUT2D eigenvalue weighted by molar-refractivity contribution is 6.07. The monoisotopic (exact) mass is 747 g/mol. The van der Waals surface area contributed by atoms with Crippen molar-refractivity contribution in [2.24, 2.45) is 0 Å². The summed E-state index contributed by atoms with van der Waals surface area (Å²) in [6.45, 7) is 0. The molecule has 11 rings (SSSR count). The number of nitrogens with zero attached hydrogens (tertiary/aromatic N) is 1.